The maximum atomic E-state index is 13.9. The molecule has 3 aromatic heterocycles. The molecule has 1 amide bonds. The van der Waals surface area contributed by atoms with Gasteiger partial charge < -0.3 is 11.1 Å². The van der Waals surface area contributed by atoms with Gasteiger partial charge in [0, 0.05) is 36.1 Å². The summed E-state index contributed by atoms with van der Waals surface area (Å²) < 4.78 is 15.7. The maximum absolute atomic E-state index is 13.9. The first-order valence-electron chi connectivity index (χ1n) is 8.57. The Kier molecular flexibility index (Phi) is 4.23. The SMILES string of the molecule is CC(=O)Nc1cc(-c2c(-c3cccc(F)c3)nc(N)c3nccn23)cc(C)n1. The van der Waals surface area contributed by atoms with Crippen molar-refractivity contribution >= 4 is 23.2 Å². The van der Waals surface area contributed by atoms with Crippen LogP contribution in [0.5, 0.6) is 0 Å². The fourth-order valence-corrected chi connectivity index (χ4v) is 3.17. The number of nitrogens with one attached hydrogen (secondary N) is 1. The quantitative estimate of drug-likeness (QED) is 0.571. The molecule has 0 aliphatic heterocycles. The first-order valence-corrected chi connectivity index (χ1v) is 8.57. The number of aryl methyl sites for hydroxylation is 1. The Balaban J connectivity index is 2.04. The molecule has 0 bridgehead atoms. The predicted molar refractivity (Wildman–Crippen MR) is 105 cm³/mol. The number of anilines is 2. The molecule has 28 heavy (non-hydrogen) atoms. The molecule has 0 spiro atoms. The lowest BCUT2D eigenvalue weighted by Crippen LogP contribution is -2.09. The highest BCUT2D eigenvalue weighted by atomic mass is 19.1. The summed E-state index contributed by atoms with van der Waals surface area (Å²) in [5.74, 6) is 0.0515. The fourth-order valence-electron chi connectivity index (χ4n) is 3.17. The number of rotatable bonds is 3. The number of nitrogen functional groups attached to an aromatic ring is 1. The number of halogens is 1. The van der Waals surface area contributed by atoms with E-state index in [-0.39, 0.29) is 17.5 Å². The van der Waals surface area contributed by atoms with Gasteiger partial charge >= 0.3 is 0 Å². The van der Waals surface area contributed by atoms with Gasteiger partial charge in [-0.05, 0) is 31.2 Å². The lowest BCUT2D eigenvalue weighted by Gasteiger charge is -2.15. The molecule has 140 valence electrons. The predicted octanol–water partition coefficient (Wildman–Crippen LogP) is 3.45. The topological polar surface area (TPSA) is 98.2 Å². The van der Waals surface area contributed by atoms with E-state index >= 15 is 0 Å². The Bertz CT molecular complexity index is 1220. The third-order valence-electron chi connectivity index (χ3n) is 4.20. The lowest BCUT2D eigenvalue weighted by atomic mass is 10.0. The highest BCUT2D eigenvalue weighted by Crippen LogP contribution is 2.34. The van der Waals surface area contributed by atoms with Crippen LogP contribution in [0.1, 0.15) is 12.6 Å². The van der Waals surface area contributed by atoms with E-state index in [1.54, 1.807) is 35.0 Å². The largest absolute Gasteiger partial charge is 0.381 e. The Morgan fingerprint density at radius 3 is 2.75 bits per heavy atom. The van der Waals surface area contributed by atoms with E-state index in [1.807, 2.05) is 13.0 Å². The van der Waals surface area contributed by atoms with Crippen molar-refractivity contribution in [1.29, 1.82) is 0 Å². The summed E-state index contributed by atoms with van der Waals surface area (Å²) in [6.45, 7) is 3.24. The zero-order valence-electron chi connectivity index (χ0n) is 15.3. The zero-order chi connectivity index (χ0) is 19.8. The number of amides is 1. The normalized spacial score (nSPS) is 11.0. The summed E-state index contributed by atoms with van der Waals surface area (Å²) in [6, 6.07) is 9.75. The number of hydrogen-bond acceptors (Lipinski definition) is 5. The summed E-state index contributed by atoms with van der Waals surface area (Å²) in [5, 5.41) is 2.70. The number of carbonyl (C=O) groups excluding carboxylic acids is 1. The number of nitrogens with two attached hydrogens (primary N) is 1. The van der Waals surface area contributed by atoms with Crippen LogP contribution in [0.15, 0.2) is 48.8 Å². The molecule has 0 unspecified atom stereocenters. The van der Waals surface area contributed by atoms with E-state index < -0.39 is 0 Å². The molecule has 3 heterocycles. The fraction of sp³-hybridized carbons (Fsp3) is 0.100. The molecule has 8 heteroatoms. The van der Waals surface area contributed by atoms with E-state index in [0.717, 1.165) is 5.56 Å². The average Bonchev–Trinajstić information content (AvgIpc) is 3.10. The van der Waals surface area contributed by atoms with Gasteiger partial charge in [-0.3, -0.25) is 9.20 Å². The number of aromatic nitrogens is 4. The zero-order valence-corrected chi connectivity index (χ0v) is 15.3. The monoisotopic (exact) mass is 376 g/mol. The van der Waals surface area contributed by atoms with Crippen molar-refractivity contribution in [2.45, 2.75) is 13.8 Å². The van der Waals surface area contributed by atoms with E-state index in [2.05, 4.69) is 20.3 Å². The van der Waals surface area contributed by atoms with E-state index in [9.17, 15) is 9.18 Å². The third kappa shape index (κ3) is 3.16. The second-order valence-electron chi connectivity index (χ2n) is 6.39. The standard InChI is InChI=1S/C20H17FN6O/c1-11-8-14(10-16(24-11)25-12(2)28)18-17(13-4-3-5-15(21)9-13)26-19(22)20-23-6-7-27(18)20/h3-10H,1-2H3,(H2,22,26)(H,24,25,28). The second kappa shape index (κ2) is 6.73. The van der Waals surface area contributed by atoms with Crippen molar-refractivity contribution in [2.75, 3.05) is 11.1 Å². The molecule has 0 radical (unpaired) electrons. The van der Waals surface area contributed by atoms with Crippen LogP contribution in [0, 0.1) is 12.7 Å². The number of pyridine rings is 1. The molecule has 7 nitrogen and oxygen atoms in total. The first kappa shape index (κ1) is 17.6. The van der Waals surface area contributed by atoms with Gasteiger partial charge in [-0.1, -0.05) is 12.1 Å². The maximum Gasteiger partial charge on any atom is 0.222 e. The highest BCUT2D eigenvalue weighted by molar-refractivity contribution is 5.89. The van der Waals surface area contributed by atoms with Gasteiger partial charge in [0.05, 0.1) is 11.4 Å². The molecule has 0 saturated heterocycles. The molecular weight excluding hydrogens is 359 g/mol. The molecule has 0 aliphatic rings. The molecule has 0 atom stereocenters. The van der Waals surface area contributed by atoms with E-state index in [4.69, 9.17) is 5.73 Å². The second-order valence-corrected chi connectivity index (χ2v) is 6.39. The van der Waals surface area contributed by atoms with Crippen molar-refractivity contribution in [3.05, 3.63) is 60.3 Å². The van der Waals surface area contributed by atoms with E-state index in [0.29, 0.717) is 34.1 Å². The summed E-state index contributed by atoms with van der Waals surface area (Å²) >= 11 is 0. The number of hydrogen-bond donors (Lipinski definition) is 2. The Morgan fingerprint density at radius 1 is 1.18 bits per heavy atom. The van der Waals surface area contributed by atoms with Gasteiger partial charge in [0.25, 0.3) is 0 Å². The summed E-state index contributed by atoms with van der Waals surface area (Å²) in [6.07, 6.45) is 3.38. The van der Waals surface area contributed by atoms with Crippen LogP contribution < -0.4 is 11.1 Å². The van der Waals surface area contributed by atoms with Crippen LogP contribution in [-0.4, -0.2) is 25.3 Å². The van der Waals surface area contributed by atoms with Gasteiger partial charge in [0.1, 0.15) is 11.6 Å². The Labute approximate surface area is 160 Å². The number of benzene rings is 1. The van der Waals surface area contributed by atoms with Gasteiger partial charge in [0.2, 0.25) is 5.91 Å². The Hall–Kier alpha value is -3.81. The van der Waals surface area contributed by atoms with Crippen LogP contribution in [0.25, 0.3) is 28.2 Å². The number of imidazole rings is 1. The van der Waals surface area contributed by atoms with Crippen LogP contribution in [0.3, 0.4) is 0 Å². The Morgan fingerprint density at radius 2 is 2.00 bits per heavy atom. The summed E-state index contributed by atoms with van der Waals surface area (Å²) in [5.41, 5.74) is 9.78. The number of fused-ring (bicyclic) bond motifs is 1. The molecule has 3 N–H and O–H groups in total. The molecule has 4 rings (SSSR count). The van der Waals surface area contributed by atoms with Crippen LogP contribution >= 0.6 is 0 Å². The number of carbonyl (C=O) groups is 1. The van der Waals surface area contributed by atoms with Crippen LogP contribution in [-0.2, 0) is 4.79 Å². The van der Waals surface area contributed by atoms with Crippen molar-refractivity contribution in [3.63, 3.8) is 0 Å². The minimum absolute atomic E-state index is 0.224. The lowest BCUT2D eigenvalue weighted by molar-refractivity contribution is -0.114. The highest BCUT2D eigenvalue weighted by Gasteiger charge is 2.18. The molecule has 0 fully saturated rings. The van der Waals surface area contributed by atoms with Crippen molar-refractivity contribution in [1.82, 2.24) is 19.4 Å². The van der Waals surface area contributed by atoms with Gasteiger partial charge in [0.15, 0.2) is 11.5 Å². The van der Waals surface area contributed by atoms with Crippen LogP contribution in [0.2, 0.25) is 0 Å². The molecule has 1 aromatic carbocycles. The molecule has 0 saturated carbocycles. The van der Waals surface area contributed by atoms with Crippen molar-refractivity contribution in [3.8, 4) is 22.5 Å². The van der Waals surface area contributed by atoms with Gasteiger partial charge in [-0.2, -0.15) is 0 Å². The minimum Gasteiger partial charge on any atom is -0.381 e. The molecular formula is C20H17FN6O. The summed E-state index contributed by atoms with van der Waals surface area (Å²) in [4.78, 5) is 24.6. The van der Waals surface area contributed by atoms with Crippen molar-refractivity contribution < 1.29 is 9.18 Å². The summed E-state index contributed by atoms with van der Waals surface area (Å²) in [7, 11) is 0. The minimum atomic E-state index is -0.376. The van der Waals surface area contributed by atoms with Crippen LogP contribution in [0.4, 0.5) is 16.0 Å². The molecule has 0 aliphatic carbocycles. The van der Waals surface area contributed by atoms with Gasteiger partial charge in [-0.15, -0.1) is 0 Å². The smallest absolute Gasteiger partial charge is 0.222 e. The first-order chi connectivity index (χ1) is 13.4. The third-order valence-corrected chi connectivity index (χ3v) is 4.20. The van der Waals surface area contributed by atoms with E-state index in [1.165, 1.54) is 19.1 Å². The van der Waals surface area contributed by atoms with Gasteiger partial charge in [-0.25, -0.2) is 19.3 Å². The van der Waals surface area contributed by atoms with Crippen molar-refractivity contribution in [2.24, 2.45) is 0 Å². The average molecular weight is 376 g/mol. The number of nitrogens with zero attached hydrogens (tertiary/aromatic N) is 4. The molecule has 4 aromatic rings.